The summed E-state index contributed by atoms with van der Waals surface area (Å²) in [5.74, 6) is 0. The molecule has 1 spiro atoms. The first kappa shape index (κ1) is 8.16. The van der Waals surface area contributed by atoms with Crippen molar-refractivity contribution in [1.82, 2.24) is 0 Å². The summed E-state index contributed by atoms with van der Waals surface area (Å²) in [6.07, 6.45) is 2.70. The van der Waals surface area contributed by atoms with E-state index in [1.165, 1.54) is 24.2 Å². The first-order valence-electron chi connectivity index (χ1n) is 5.46. The summed E-state index contributed by atoms with van der Waals surface area (Å²) in [5.41, 5.74) is 3.15. The zero-order chi connectivity index (χ0) is 9.60. The number of fused-ring (bicyclic) bond motifs is 1. The Morgan fingerprint density at radius 1 is 1.36 bits per heavy atom. The molecule has 1 fully saturated rings. The number of rotatable bonds is 1. The van der Waals surface area contributed by atoms with Gasteiger partial charge in [0.1, 0.15) is 0 Å². The van der Waals surface area contributed by atoms with Crippen molar-refractivity contribution in [3.8, 4) is 0 Å². The Bertz CT molecular complexity index is 355. The highest BCUT2D eigenvalue weighted by Crippen LogP contribution is 2.48. The molecule has 0 aromatic heterocycles. The number of hydrogen-bond donors (Lipinski definition) is 1. The molecule has 1 saturated carbocycles. The van der Waals surface area contributed by atoms with Crippen LogP contribution in [0.25, 0.3) is 0 Å². The summed E-state index contributed by atoms with van der Waals surface area (Å²) >= 11 is 0. The highest BCUT2D eigenvalue weighted by molar-refractivity contribution is 5.74. The van der Waals surface area contributed by atoms with Gasteiger partial charge < -0.3 is 10.2 Å². The van der Waals surface area contributed by atoms with Crippen molar-refractivity contribution in [1.29, 1.82) is 0 Å². The fraction of sp³-hybridized carbons (Fsp3) is 0.500. The summed E-state index contributed by atoms with van der Waals surface area (Å²) in [7, 11) is 0. The van der Waals surface area contributed by atoms with Crippen molar-refractivity contribution in [2.45, 2.75) is 25.3 Å². The molecule has 2 aliphatic rings. The molecule has 0 amide bonds. The highest BCUT2D eigenvalue weighted by atomic mass is 15.3. The van der Waals surface area contributed by atoms with Crippen molar-refractivity contribution in [2.24, 2.45) is 0 Å². The molecule has 14 heavy (non-hydrogen) atoms. The summed E-state index contributed by atoms with van der Waals surface area (Å²) in [6.45, 7) is 4.50. The summed E-state index contributed by atoms with van der Waals surface area (Å²) in [5, 5.41) is 3.54. The van der Waals surface area contributed by atoms with Gasteiger partial charge in [-0.1, -0.05) is 12.1 Å². The van der Waals surface area contributed by atoms with Gasteiger partial charge in [0.15, 0.2) is 0 Å². The summed E-state index contributed by atoms with van der Waals surface area (Å²) < 4.78 is 0. The van der Waals surface area contributed by atoms with Gasteiger partial charge in [-0.3, -0.25) is 0 Å². The molecule has 0 radical (unpaired) electrons. The van der Waals surface area contributed by atoms with Gasteiger partial charge >= 0.3 is 0 Å². The fourth-order valence-corrected chi connectivity index (χ4v) is 2.57. The van der Waals surface area contributed by atoms with Crippen molar-refractivity contribution < 1.29 is 0 Å². The van der Waals surface area contributed by atoms with Crippen LogP contribution in [0.15, 0.2) is 24.3 Å². The number of para-hydroxylation sites is 2. The van der Waals surface area contributed by atoms with Crippen LogP contribution in [0, 0.1) is 0 Å². The Hall–Kier alpha value is -1.18. The molecule has 1 heterocycles. The molecule has 0 bridgehead atoms. The molecule has 74 valence electrons. The van der Waals surface area contributed by atoms with E-state index >= 15 is 0 Å². The molecule has 1 aromatic rings. The third kappa shape index (κ3) is 0.969. The summed E-state index contributed by atoms with van der Waals surface area (Å²) in [4.78, 5) is 2.57. The van der Waals surface area contributed by atoms with Gasteiger partial charge in [0.2, 0.25) is 0 Å². The lowest BCUT2D eigenvalue weighted by atomic mass is 10.1. The maximum Gasteiger partial charge on any atom is 0.0607 e. The van der Waals surface area contributed by atoms with Crippen LogP contribution in [0.4, 0.5) is 11.4 Å². The molecule has 0 atom stereocenters. The van der Waals surface area contributed by atoms with Crippen molar-refractivity contribution in [3.63, 3.8) is 0 Å². The number of nitrogens with zero attached hydrogens (tertiary/aromatic N) is 1. The van der Waals surface area contributed by atoms with E-state index in [1.807, 2.05) is 0 Å². The topological polar surface area (TPSA) is 15.3 Å². The Morgan fingerprint density at radius 3 is 2.86 bits per heavy atom. The number of anilines is 2. The third-order valence-electron chi connectivity index (χ3n) is 3.52. The average Bonchev–Trinajstić information content (AvgIpc) is 2.99. The lowest BCUT2D eigenvalue weighted by Gasteiger charge is -2.39. The second-order valence-electron chi connectivity index (χ2n) is 4.34. The van der Waals surface area contributed by atoms with Crippen LogP contribution in [0.1, 0.15) is 19.8 Å². The number of hydrogen-bond acceptors (Lipinski definition) is 2. The van der Waals surface area contributed by atoms with Crippen LogP contribution in [0.3, 0.4) is 0 Å². The van der Waals surface area contributed by atoms with Crippen LogP contribution in [0.2, 0.25) is 0 Å². The number of benzene rings is 1. The van der Waals surface area contributed by atoms with Gasteiger partial charge in [0, 0.05) is 13.1 Å². The minimum atomic E-state index is 0.461. The van der Waals surface area contributed by atoms with E-state index in [0.29, 0.717) is 5.54 Å². The Morgan fingerprint density at radius 2 is 2.14 bits per heavy atom. The Labute approximate surface area is 84.9 Å². The van der Waals surface area contributed by atoms with Gasteiger partial charge in [0.05, 0.1) is 16.9 Å². The van der Waals surface area contributed by atoms with E-state index in [0.717, 1.165) is 13.1 Å². The fourth-order valence-electron chi connectivity index (χ4n) is 2.57. The van der Waals surface area contributed by atoms with Crippen molar-refractivity contribution in [2.75, 3.05) is 23.3 Å². The average molecular weight is 188 g/mol. The molecule has 1 aromatic carbocycles. The predicted octanol–water partition coefficient (Wildman–Crippen LogP) is 2.47. The van der Waals surface area contributed by atoms with E-state index in [-0.39, 0.29) is 0 Å². The van der Waals surface area contributed by atoms with E-state index in [9.17, 15) is 0 Å². The van der Waals surface area contributed by atoms with Crippen molar-refractivity contribution in [3.05, 3.63) is 24.3 Å². The molecule has 2 nitrogen and oxygen atoms in total. The quantitative estimate of drug-likeness (QED) is 0.728. The van der Waals surface area contributed by atoms with Gasteiger partial charge in [-0.25, -0.2) is 0 Å². The van der Waals surface area contributed by atoms with Gasteiger partial charge in [0.25, 0.3) is 0 Å². The van der Waals surface area contributed by atoms with E-state index in [2.05, 4.69) is 41.4 Å². The monoisotopic (exact) mass is 188 g/mol. The molecule has 3 rings (SSSR count). The molecule has 0 saturated heterocycles. The van der Waals surface area contributed by atoms with Crippen LogP contribution in [-0.4, -0.2) is 18.6 Å². The molecule has 0 unspecified atom stereocenters. The second-order valence-corrected chi connectivity index (χ2v) is 4.34. The van der Waals surface area contributed by atoms with Gasteiger partial charge in [-0.2, -0.15) is 0 Å². The minimum absolute atomic E-state index is 0.461. The standard InChI is InChI=1S/C12H16N2/c1-2-14-11-6-4-3-5-10(11)13-9-12(14)7-8-12/h3-6,13H,2,7-9H2,1H3. The van der Waals surface area contributed by atoms with Crippen LogP contribution in [0.5, 0.6) is 0 Å². The first-order chi connectivity index (χ1) is 6.86. The predicted molar refractivity (Wildman–Crippen MR) is 59.9 cm³/mol. The lowest BCUT2D eigenvalue weighted by Crippen LogP contribution is -2.46. The van der Waals surface area contributed by atoms with E-state index in [1.54, 1.807) is 0 Å². The maximum atomic E-state index is 3.54. The van der Waals surface area contributed by atoms with Crippen molar-refractivity contribution >= 4 is 11.4 Å². The first-order valence-corrected chi connectivity index (χ1v) is 5.46. The number of likely N-dealkylation sites (N-methyl/N-ethyl adjacent to an activating group) is 1. The molecule has 1 N–H and O–H groups in total. The van der Waals surface area contributed by atoms with Crippen LogP contribution < -0.4 is 10.2 Å². The van der Waals surface area contributed by atoms with Gasteiger partial charge in [-0.05, 0) is 31.9 Å². The zero-order valence-corrected chi connectivity index (χ0v) is 8.59. The Kier molecular flexibility index (Phi) is 1.55. The Balaban J connectivity index is 2.06. The molecule has 2 heteroatoms. The minimum Gasteiger partial charge on any atom is -0.381 e. The second kappa shape index (κ2) is 2.66. The molecule has 1 aliphatic heterocycles. The largest absolute Gasteiger partial charge is 0.381 e. The SMILES string of the molecule is CCN1c2ccccc2NCC12CC2. The highest BCUT2D eigenvalue weighted by Gasteiger charge is 2.49. The molecular weight excluding hydrogens is 172 g/mol. The van der Waals surface area contributed by atoms with E-state index in [4.69, 9.17) is 0 Å². The van der Waals surface area contributed by atoms with E-state index < -0.39 is 0 Å². The van der Waals surface area contributed by atoms with Crippen LogP contribution >= 0.6 is 0 Å². The normalized spacial score (nSPS) is 21.6. The van der Waals surface area contributed by atoms with Gasteiger partial charge in [-0.15, -0.1) is 0 Å². The molecular formula is C12H16N2. The number of nitrogens with one attached hydrogen (secondary N) is 1. The van der Waals surface area contributed by atoms with Crippen LogP contribution in [-0.2, 0) is 0 Å². The zero-order valence-electron chi connectivity index (χ0n) is 8.59. The smallest absolute Gasteiger partial charge is 0.0607 e. The lowest BCUT2D eigenvalue weighted by molar-refractivity contribution is 0.606. The summed E-state index contributed by atoms with van der Waals surface area (Å²) in [6, 6.07) is 8.63. The molecule has 1 aliphatic carbocycles. The maximum absolute atomic E-state index is 3.54. The third-order valence-corrected chi connectivity index (χ3v) is 3.52.